The first kappa shape index (κ1) is 51.8. The lowest BCUT2D eigenvalue weighted by atomic mass is 10.0. The van der Waals surface area contributed by atoms with Crippen molar-refractivity contribution in [2.45, 2.75) is 231 Å². The number of hydrogen-bond donors (Lipinski definition) is 3. The molecule has 0 aromatic carbocycles. The minimum absolute atomic E-state index is 0.0426. The van der Waals surface area contributed by atoms with Crippen LogP contribution >= 0.6 is 0 Å². The van der Waals surface area contributed by atoms with Crippen LogP contribution in [0.1, 0.15) is 219 Å². The van der Waals surface area contributed by atoms with Crippen LogP contribution in [0.15, 0.2) is 72.9 Å². The van der Waals surface area contributed by atoms with E-state index in [0.29, 0.717) is 12.8 Å². The summed E-state index contributed by atoms with van der Waals surface area (Å²) in [7, 11) is 0. The molecular weight excluding hydrogens is 663 g/mol. The van der Waals surface area contributed by atoms with Crippen LogP contribution in [-0.4, -0.2) is 34.9 Å². The molecule has 0 radical (unpaired) electrons. The van der Waals surface area contributed by atoms with Crippen molar-refractivity contribution in [1.29, 1.82) is 0 Å². The first-order valence-corrected chi connectivity index (χ1v) is 23.1. The van der Waals surface area contributed by atoms with E-state index in [4.69, 9.17) is 0 Å². The molecular formula is C50H89NO3. The van der Waals surface area contributed by atoms with Crippen LogP contribution in [0.3, 0.4) is 0 Å². The maximum atomic E-state index is 12.4. The van der Waals surface area contributed by atoms with E-state index < -0.39 is 12.1 Å². The molecule has 0 bridgehead atoms. The molecule has 1 amide bonds. The maximum Gasteiger partial charge on any atom is 0.220 e. The first-order chi connectivity index (χ1) is 26.7. The van der Waals surface area contributed by atoms with Crippen molar-refractivity contribution in [3.63, 3.8) is 0 Å². The molecule has 2 atom stereocenters. The van der Waals surface area contributed by atoms with Gasteiger partial charge in [-0.15, -0.1) is 0 Å². The molecule has 0 saturated heterocycles. The smallest absolute Gasteiger partial charge is 0.220 e. The monoisotopic (exact) mass is 752 g/mol. The van der Waals surface area contributed by atoms with Gasteiger partial charge >= 0.3 is 0 Å². The molecule has 2 unspecified atom stereocenters. The Kier molecular flexibility index (Phi) is 43.4. The zero-order valence-corrected chi connectivity index (χ0v) is 35.7. The number of aliphatic hydroxyl groups excluding tert-OH is 2. The third-order valence-corrected chi connectivity index (χ3v) is 10.2. The number of rotatable bonds is 41. The number of amides is 1. The summed E-state index contributed by atoms with van der Waals surface area (Å²) in [6.45, 7) is 4.24. The second kappa shape index (κ2) is 45.2. The van der Waals surface area contributed by atoms with Crippen molar-refractivity contribution in [2.24, 2.45) is 0 Å². The molecule has 4 heteroatoms. The molecule has 0 aliphatic heterocycles. The van der Waals surface area contributed by atoms with Gasteiger partial charge in [0, 0.05) is 6.42 Å². The highest BCUT2D eigenvalue weighted by molar-refractivity contribution is 5.76. The lowest BCUT2D eigenvalue weighted by molar-refractivity contribution is -0.123. The highest BCUT2D eigenvalue weighted by atomic mass is 16.3. The summed E-state index contributed by atoms with van der Waals surface area (Å²) < 4.78 is 0. The number of unbranched alkanes of at least 4 members (excludes halogenated alkanes) is 22. The van der Waals surface area contributed by atoms with Gasteiger partial charge in [-0.3, -0.25) is 4.79 Å². The average Bonchev–Trinajstić information content (AvgIpc) is 3.18. The number of carbonyl (C=O) groups is 1. The van der Waals surface area contributed by atoms with Crippen LogP contribution in [-0.2, 0) is 4.79 Å². The van der Waals surface area contributed by atoms with E-state index in [1.165, 1.54) is 128 Å². The van der Waals surface area contributed by atoms with Gasteiger partial charge in [-0.2, -0.15) is 0 Å². The summed E-state index contributed by atoms with van der Waals surface area (Å²) in [5.41, 5.74) is 0. The number of carbonyl (C=O) groups excluding carboxylic acids is 1. The van der Waals surface area contributed by atoms with Gasteiger partial charge in [0.1, 0.15) is 0 Å². The second-order valence-corrected chi connectivity index (χ2v) is 15.4. The van der Waals surface area contributed by atoms with Gasteiger partial charge in [-0.05, 0) is 64.2 Å². The van der Waals surface area contributed by atoms with Gasteiger partial charge in [0.25, 0.3) is 0 Å². The van der Waals surface area contributed by atoms with Gasteiger partial charge in [0.05, 0.1) is 18.8 Å². The van der Waals surface area contributed by atoms with Crippen LogP contribution in [0.4, 0.5) is 0 Å². The Morgan fingerprint density at radius 1 is 0.463 bits per heavy atom. The summed E-state index contributed by atoms with van der Waals surface area (Å²) in [6, 6.07) is -0.544. The Bertz CT molecular complexity index is 946. The summed E-state index contributed by atoms with van der Waals surface area (Å²) in [6.07, 6.45) is 64.1. The molecule has 0 heterocycles. The fourth-order valence-corrected chi connectivity index (χ4v) is 6.72. The Labute approximate surface area is 336 Å². The highest BCUT2D eigenvalue weighted by Gasteiger charge is 2.20. The van der Waals surface area contributed by atoms with Gasteiger partial charge in [-0.25, -0.2) is 0 Å². The van der Waals surface area contributed by atoms with Gasteiger partial charge < -0.3 is 15.5 Å². The van der Waals surface area contributed by atoms with Crippen molar-refractivity contribution in [2.75, 3.05) is 6.61 Å². The number of hydrogen-bond acceptors (Lipinski definition) is 3. The normalized spacial score (nSPS) is 13.6. The van der Waals surface area contributed by atoms with Crippen molar-refractivity contribution in [3.05, 3.63) is 72.9 Å². The topological polar surface area (TPSA) is 69.6 Å². The Morgan fingerprint density at radius 2 is 0.815 bits per heavy atom. The summed E-state index contributed by atoms with van der Waals surface area (Å²) >= 11 is 0. The van der Waals surface area contributed by atoms with Crippen molar-refractivity contribution in [1.82, 2.24) is 5.32 Å². The van der Waals surface area contributed by atoms with E-state index in [-0.39, 0.29) is 12.5 Å². The molecule has 4 nitrogen and oxygen atoms in total. The molecule has 0 aliphatic carbocycles. The molecule has 54 heavy (non-hydrogen) atoms. The Hall–Kier alpha value is -2.17. The Morgan fingerprint density at radius 3 is 1.22 bits per heavy atom. The summed E-state index contributed by atoms with van der Waals surface area (Å²) in [4.78, 5) is 12.4. The second-order valence-electron chi connectivity index (χ2n) is 15.4. The lowest BCUT2D eigenvalue weighted by Crippen LogP contribution is -2.45. The van der Waals surface area contributed by atoms with Gasteiger partial charge in [0.15, 0.2) is 0 Å². The van der Waals surface area contributed by atoms with Crippen LogP contribution in [0.2, 0.25) is 0 Å². The lowest BCUT2D eigenvalue weighted by Gasteiger charge is -2.22. The molecule has 0 fully saturated rings. The van der Waals surface area contributed by atoms with E-state index in [0.717, 1.165) is 64.2 Å². The average molecular weight is 752 g/mol. The fourth-order valence-electron chi connectivity index (χ4n) is 6.72. The third kappa shape index (κ3) is 41.0. The standard InChI is InChI=1S/C50H89NO3/c1-3-5-7-9-11-13-15-17-19-20-21-22-23-24-25-26-27-28-29-30-32-34-36-38-40-42-44-46-50(54)51-48(47-52)49(53)45-43-41-39-37-35-33-31-18-16-14-12-10-8-6-4-2/h5,7,11,13,17,19,21-22,24-25,27-28,48-49,52-53H,3-4,6,8-10,12,14-16,18,20,23,26,29-47H2,1-2H3,(H,51,54)/b7-5-,13-11-,19-17-,22-21-,25-24-,28-27-. The number of allylic oxidation sites excluding steroid dienone is 12. The molecule has 0 spiro atoms. The molecule has 0 aromatic rings. The highest BCUT2D eigenvalue weighted by Crippen LogP contribution is 2.15. The minimum atomic E-state index is -0.666. The zero-order chi connectivity index (χ0) is 39.3. The summed E-state index contributed by atoms with van der Waals surface area (Å²) in [5.74, 6) is -0.0426. The van der Waals surface area contributed by atoms with E-state index in [1.54, 1.807) is 0 Å². The Balaban J connectivity index is 3.58. The molecule has 0 aliphatic rings. The van der Waals surface area contributed by atoms with Crippen LogP contribution in [0.5, 0.6) is 0 Å². The van der Waals surface area contributed by atoms with Crippen molar-refractivity contribution < 1.29 is 15.0 Å². The molecule has 312 valence electrons. The van der Waals surface area contributed by atoms with Crippen molar-refractivity contribution in [3.8, 4) is 0 Å². The van der Waals surface area contributed by atoms with Crippen LogP contribution in [0, 0.1) is 0 Å². The SMILES string of the molecule is CC/C=C\C/C=C\C/C=C\C/C=C\C/C=C\C/C=C\CCCCCCCCCCC(=O)NC(CO)C(O)CCCCCCCCCCCCCCCCC. The number of nitrogens with one attached hydrogen (secondary N) is 1. The van der Waals surface area contributed by atoms with Crippen LogP contribution in [0.25, 0.3) is 0 Å². The summed E-state index contributed by atoms with van der Waals surface area (Å²) in [5, 5.41) is 23.2. The van der Waals surface area contributed by atoms with Gasteiger partial charge in [-0.1, -0.05) is 222 Å². The maximum absolute atomic E-state index is 12.4. The molecule has 0 aromatic heterocycles. The van der Waals surface area contributed by atoms with Crippen molar-refractivity contribution >= 4 is 5.91 Å². The van der Waals surface area contributed by atoms with E-state index in [1.807, 2.05) is 0 Å². The molecule has 3 N–H and O–H groups in total. The molecule has 0 rings (SSSR count). The zero-order valence-electron chi connectivity index (χ0n) is 35.7. The fraction of sp³-hybridized carbons (Fsp3) is 0.740. The van der Waals surface area contributed by atoms with E-state index in [9.17, 15) is 15.0 Å². The van der Waals surface area contributed by atoms with E-state index >= 15 is 0 Å². The quantitative estimate of drug-likeness (QED) is 0.0430. The largest absolute Gasteiger partial charge is 0.394 e. The first-order valence-electron chi connectivity index (χ1n) is 23.1. The van der Waals surface area contributed by atoms with Crippen LogP contribution < -0.4 is 5.32 Å². The third-order valence-electron chi connectivity index (χ3n) is 10.2. The van der Waals surface area contributed by atoms with E-state index in [2.05, 4.69) is 92.1 Å². The minimum Gasteiger partial charge on any atom is -0.394 e. The predicted octanol–water partition coefficient (Wildman–Crippen LogP) is 14.7. The predicted molar refractivity (Wildman–Crippen MR) is 239 cm³/mol. The molecule has 0 saturated carbocycles. The van der Waals surface area contributed by atoms with Gasteiger partial charge in [0.2, 0.25) is 5.91 Å². The number of aliphatic hydroxyl groups is 2.